The summed E-state index contributed by atoms with van der Waals surface area (Å²) in [5, 5.41) is 3.44. The van der Waals surface area contributed by atoms with E-state index in [2.05, 4.69) is 5.32 Å². The summed E-state index contributed by atoms with van der Waals surface area (Å²) in [6, 6.07) is 7.73. The SMILES string of the molecule is COc1ccccc1OCCNCC1CCOCC1. The molecular formula is C15H23NO3. The van der Waals surface area contributed by atoms with E-state index in [0.717, 1.165) is 43.7 Å². The first-order valence-corrected chi connectivity index (χ1v) is 6.94. The standard InChI is InChI=1S/C15H23NO3/c1-17-14-4-2-3-5-15(14)19-11-8-16-12-13-6-9-18-10-7-13/h2-5,13,16H,6-12H2,1H3. The van der Waals surface area contributed by atoms with Gasteiger partial charge in [0.15, 0.2) is 11.5 Å². The molecule has 4 heteroatoms. The van der Waals surface area contributed by atoms with Gasteiger partial charge in [-0.1, -0.05) is 12.1 Å². The Kier molecular flexibility index (Phi) is 5.98. The zero-order valence-corrected chi connectivity index (χ0v) is 11.6. The predicted octanol–water partition coefficient (Wildman–Crippen LogP) is 2.09. The molecule has 1 N–H and O–H groups in total. The van der Waals surface area contributed by atoms with Crippen molar-refractivity contribution in [3.05, 3.63) is 24.3 Å². The van der Waals surface area contributed by atoms with E-state index in [1.165, 1.54) is 12.8 Å². The summed E-state index contributed by atoms with van der Waals surface area (Å²) in [5.41, 5.74) is 0. The van der Waals surface area contributed by atoms with Gasteiger partial charge in [-0.3, -0.25) is 0 Å². The molecule has 1 aromatic carbocycles. The number of hydrogen-bond acceptors (Lipinski definition) is 4. The topological polar surface area (TPSA) is 39.7 Å². The minimum Gasteiger partial charge on any atom is -0.493 e. The summed E-state index contributed by atoms with van der Waals surface area (Å²) in [6.07, 6.45) is 2.33. The van der Waals surface area contributed by atoms with E-state index in [9.17, 15) is 0 Å². The van der Waals surface area contributed by atoms with E-state index >= 15 is 0 Å². The third-order valence-corrected chi connectivity index (χ3v) is 3.38. The van der Waals surface area contributed by atoms with Crippen molar-refractivity contribution in [2.75, 3.05) is 40.0 Å². The molecule has 1 fully saturated rings. The second kappa shape index (κ2) is 8.02. The van der Waals surface area contributed by atoms with Gasteiger partial charge in [0, 0.05) is 19.8 Å². The van der Waals surface area contributed by atoms with E-state index in [4.69, 9.17) is 14.2 Å². The number of hydrogen-bond donors (Lipinski definition) is 1. The normalized spacial score (nSPS) is 16.3. The summed E-state index contributed by atoms with van der Waals surface area (Å²) in [6.45, 7) is 4.38. The lowest BCUT2D eigenvalue weighted by molar-refractivity contribution is 0.0661. The van der Waals surface area contributed by atoms with Crippen LogP contribution in [0.15, 0.2) is 24.3 Å². The summed E-state index contributed by atoms with van der Waals surface area (Å²) in [4.78, 5) is 0. The Labute approximate surface area is 115 Å². The van der Waals surface area contributed by atoms with Gasteiger partial charge in [0.2, 0.25) is 0 Å². The van der Waals surface area contributed by atoms with Crippen LogP contribution in [0.1, 0.15) is 12.8 Å². The third kappa shape index (κ3) is 4.73. The molecule has 0 unspecified atom stereocenters. The van der Waals surface area contributed by atoms with Crippen molar-refractivity contribution in [1.29, 1.82) is 0 Å². The van der Waals surface area contributed by atoms with E-state index in [1.54, 1.807) is 7.11 Å². The van der Waals surface area contributed by atoms with Crippen LogP contribution in [0.25, 0.3) is 0 Å². The average molecular weight is 265 g/mol. The molecule has 0 bridgehead atoms. The maximum Gasteiger partial charge on any atom is 0.161 e. The van der Waals surface area contributed by atoms with Crippen molar-refractivity contribution >= 4 is 0 Å². The van der Waals surface area contributed by atoms with Crippen LogP contribution in [-0.2, 0) is 4.74 Å². The van der Waals surface area contributed by atoms with E-state index < -0.39 is 0 Å². The lowest BCUT2D eigenvalue weighted by atomic mass is 10.0. The summed E-state index contributed by atoms with van der Waals surface area (Å²) >= 11 is 0. The minimum atomic E-state index is 0.656. The molecular weight excluding hydrogens is 242 g/mol. The van der Waals surface area contributed by atoms with Crippen molar-refractivity contribution in [3.8, 4) is 11.5 Å². The van der Waals surface area contributed by atoms with Crippen LogP contribution in [-0.4, -0.2) is 40.0 Å². The zero-order valence-electron chi connectivity index (χ0n) is 11.6. The first kappa shape index (κ1) is 14.2. The van der Waals surface area contributed by atoms with Gasteiger partial charge in [0.25, 0.3) is 0 Å². The van der Waals surface area contributed by atoms with E-state index in [-0.39, 0.29) is 0 Å². The molecule has 4 nitrogen and oxygen atoms in total. The van der Waals surface area contributed by atoms with Crippen LogP contribution >= 0.6 is 0 Å². The zero-order chi connectivity index (χ0) is 13.3. The maximum atomic E-state index is 5.71. The Morgan fingerprint density at radius 1 is 1.21 bits per heavy atom. The minimum absolute atomic E-state index is 0.656. The second-order valence-corrected chi connectivity index (χ2v) is 4.76. The van der Waals surface area contributed by atoms with Crippen LogP contribution in [0.5, 0.6) is 11.5 Å². The molecule has 1 aromatic rings. The van der Waals surface area contributed by atoms with Crippen LogP contribution in [0.4, 0.5) is 0 Å². The summed E-state index contributed by atoms with van der Waals surface area (Å²) < 4.78 is 16.3. The van der Waals surface area contributed by atoms with Crippen LogP contribution in [0.2, 0.25) is 0 Å². The fourth-order valence-electron chi connectivity index (χ4n) is 2.23. The number of para-hydroxylation sites is 2. The van der Waals surface area contributed by atoms with Crippen molar-refractivity contribution < 1.29 is 14.2 Å². The van der Waals surface area contributed by atoms with Crippen molar-refractivity contribution in [2.45, 2.75) is 12.8 Å². The number of nitrogens with one attached hydrogen (secondary N) is 1. The molecule has 0 radical (unpaired) electrons. The molecule has 1 aliphatic heterocycles. The van der Waals surface area contributed by atoms with Crippen molar-refractivity contribution in [1.82, 2.24) is 5.32 Å². The number of ether oxygens (including phenoxy) is 3. The van der Waals surface area contributed by atoms with E-state index in [0.29, 0.717) is 6.61 Å². The predicted molar refractivity (Wildman–Crippen MR) is 74.9 cm³/mol. The molecule has 0 aliphatic carbocycles. The summed E-state index contributed by atoms with van der Waals surface area (Å²) in [7, 11) is 1.66. The maximum absolute atomic E-state index is 5.71. The molecule has 0 amide bonds. The van der Waals surface area contributed by atoms with Gasteiger partial charge in [-0.15, -0.1) is 0 Å². The van der Waals surface area contributed by atoms with Gasteiger partial charge < -0.3 is 19.5 Å². The molecule has 106 valence electrons. The molecule has 1 aliphatic rings. The van der Waals surface area contributed by atoms with Crippen LogP contribution in [0.3, 0.4) is 0 Å². The molecule has 0 atom stereocenters. The number of rotatable bonds is 7. The first-order chi connectivity index (χ1) is 9.40. The second-order valence-electron chi connectivity index (χ2n) is 4.76. The Morgan fingerprint density at radius 2 is 1.95 bits per heavy atom. The molecule has 0 spiro atoms. The lowest BCUT2D eigenvalue weighted by Gasteiger charge is -2.22. The van der Waals surface area contributed by atoms with E-state index in [1.807, 2.05) is 24.3 Å². The molecule has 2 rings (SSSR count). The van der Waals surface area contributed by atoms with Crippen LogP contribution in [0, 0.1) is 5.92 Å². The fourth-order valence-corrected chi connectivity index (χ4v) is 2.23. The average Bonchev–Trinajstić information content (AvgIpc) is 2.48. The van der Waals surface area contributed by atoms with Crippen molar-refractivity contribution in [3.63, 3.8) is 0 Å². The van der Waals surface area contributed by atoms with Gasteiger partial charge in [-0.25, -0.2) is 0 Å². The molecule has 0 aromatic heterocycles. The summed E-state index contributed by atoms with van der Waals surface area (Å²) in [5.74, 6) is 2.34. The highest BCUT2D eigenvalue weighted by molar-refractivity contribution is 5.39. The Balaban J connectivity index is 1.61. The molecule has 1 heterocycles. The monoisotopic (exact) mass is 265 g/mol. The van der Waals surface area contributed by atoms with Crippen LogP contribution < -0.4 is 14.8 Å². The molecule has 19 heavy (non-hydrogen) atoms. The first-order valence-electron chi connectivity index (χ1n) is 6.94. The number of benzene rings is 1. The Morgan fingerprint density at radius 3 is 2.68 bits per heavy atom. The largest absolute Gasteiger partial charge is 0.493 e. The fraction of sp³-hybridized carbons (Fsp3) is 0.600. The van der Waals surface area contributed by atoms with Gasteiger partial charge >= 0.3 is 0 Å². The smallest absolute Gasteiger partial charge is 0.161 e. The Bertz CT molecular complexity index is 364. The van der Waals surface area contributed by atoms with Gasteiger partial charge in [0.05, 0.1) is 7.11 Å². The van der Waals surface area contributed by atoms with Gasteiger partial charge in [0.1, 0.15) is 6.61 Å². The molecule has 1 saturated heterocycles. The lowest BCUT2D eigenvalue weighted by Crippen LogP contribution is -2.30. The highest BCUT2D eigenvalue weighted by atomic mass is 16.5. The quantitative estimate of drug-likeness (QED) is 0.766. The number of methoxy groups -OCH3 is 1. The highest BCUT2D eigenvalue weighted by Crippen LogP contribution is 2.25. The Hall–Kier alpha value is -1.26. The third-order valence-electron chi connectivity index (χ3n) is 3.38. The van der Waals surface area contributed by atoms with Gasteiger partial charge in [-0.05, 0) is 37.4 Å². The molecule has 0 saturated carbocycles. The highest BCUT2D eigenvalue weighted by Gasteiger charge is 2.12. The van der Waals surface area contributed by atoms with Gasteiger partial charge in [-0.2, -0.15) is 0 Å². The van der Waals surface area contributed by atoms with Crippen molar-refractivity contribution in [2.24, 2.45) is 5.92 Å².